The predicted molar refractivity (Wildman–Crippen MR) is 83.5 cm³/mol. The van der Waals surface area contributed by atoms with E-state index in [-0.39, 0.29) is 23.8 Å². The van der Waals surface area contributed by atoms with Gasteiger partial charge in [-0.25, -0.2) is 0 Å². The Morgan fingerprint density at radius 2 is 1.86 bits per heavy atom. The molecule has 0 bridgehead atoms. The average Bonchev–Trinajstić information content (AvgIpc) is 2.50. The number of likely N-dealkylation sites (N-methyl/N-ethyl adjacent to an activating group) is 1. The van der Waals surface area contributed by atoms with Crippen molar-refractivity contribution in [2.45, 2.75) is 6.42 Å². The lowest BCUT2D eigenvalue weighted by Gasteiger charge is -2.11. The second kappa shape index (κ2) is 6.41. The van der Waals surface area contributed by atoms with Gasteiger partial charge in [-0.05, 0) is 17.7 Å². The van der Waals surface area contributed by atoms with Crippen molar-refractivity contribution in [3.63, 3.8) is 0 Å². The molecule has 0 fully saturated rings. The zero-order valence-corrected chi connectivity index (χ0v) is 12.3. The van der Waals surface area contributed by atoms with Gasteiger partial charge in [0.05, 0.1) is 6.42 Å². The summed E-state index contributed by atoms with van der Waals surface area (Å²) in [5.74, 6) is -0.407. The molecule has 0 aromatic heterocycles. The number of rotatable bonds is 4. The summed E-state index contributed by atoms with van der Waals surface area (Å²) in [6.45, 7) is 0. The molecule has 0 aliphatic rings. The van der Waals surface area contributed by atoms with Crippen LogP contribution in [0.25, 0.3) is 0 Å². The lowest BCUT2D eigenvalue weighted by atomic mass is 9.97. The Morgan fingerprint density at radius 1 is 1.19 bits per heavy atom. The van der Waals surface area contributed by atoms with E-state index in [2.05, 4.69) is 5.32 Å². The number of nitrogens with two attached hydrogens (primary N) is 1. The van der Waals surface area contributed by atoms with E-state index in [1.807, 2.05) is 6.07 Å². The number of carbonyl (C=O) groups is 2. The van der Waals surface area contributed by atoms with E-state index in [4.69, 9.17) is 17.3 Å². The normalized spacial score (nSPS) is 10.2. The van der Waals surface area contributed by atoms with Crippen molar-refractivity contribution in [3.05, 3.63) is 64.2 Å². The smallest absolute Gasteiger partial charge is 0.224 e. The third kappa shape index (κ3) is 3.41. The first-order valence-electron chi connectivity index (χ1n) is 6.41. The Hall–Kier alpha value is -2.33. The van der Waals surface area contributed by atoms with E-state index in [0.717, 1.165) is 0 Å². The van der Waals surface area contributed by atoms with Crippen LogP contribution in [0.15, 0.2) is 42.5 Å². The minimum absolute atomic E-state index is 0.0813. The Bertz CT molecular complexity index is 684. The van der Waals surface area contributed by atoms with E-state index >= 15 is 0 Å². The molecule has 2 rings (SSSR count). The highest BCUT2D eigenvalue weighted by atomic mass is 35.5. The molecule has 0 heterocycles. The number of nitrogens with one attached hydrogen (secondary N) is 1. The highest BCUT2D eigenvalue weighted by Crippen LogP contribution is 2.26. The van der Waals surface area contributed by atoms with Gasteiger partial charge in [0.2, 0.25) is 5.91 Å². The molecule has 0 aliphatic heterocycles. The first kappa shape index (κ1) is 15.1. The Balaban J connectivity index is 2.45. The molecule has 2 aromatic carbocycles. The maximum absolute atomic E-state index is 12.5. The fourth-order valence-corrected chi connectivity index (χ4v) is 2.26. The average molecular weight is 303 g/mol. The molecule has 0 spiro atoms. The highest BCUT2D eigenvalue weighted by Gasteiger charge is 2.17. The van der Waals surface area contributed by atoms with Crippen LogP contribution in [0.4, 0.5) is 5.69 Å². The van der Waals surface area contributed by atoms with Gasteiger partial charge in [-0.3, -0.25) is 9.59 Å². The number of ketones is 1. The molecule has 0 radical (unpaired) electrons. The van der Waals surface area contributed by atoms with Gasteiger partial charge < -0.3 is 11.1 Å². The number of hydrogen-bond acceptors (Lipinski definition) is 3. The highest BCUT2D eigenvalue weighted by molar-refractivity contribution is 6.31. The first-order valence-corrected chi connectivity index (χ1v) is 6.79. The molecule has 0 saturated carbocycles. The first-order chi connectivity index (χ1) is 10.0. The fourth-order valence-electron chi connectivity index (χ4n) is 2.01. The number of anilines is 1. The van der Waals surface area contributed by atoms with Crippen LogP contribution in [-0.2, 0) is 11.2 Å². The maximum atomic E-state index is 12.5. The molecule has 0 saturated heterocycles. The summed E-state index contributed by atoms with van der Waals surface area (Å²) < 4.78 is 0. The minimum atomic E-state index is -0.214. The van der Waals surface area contributed by atoms with Crippen molar-refractivity contribution in [3.8, 4) is 0 Å². The fraction of sp³-hybridized carbons (Fsp3) is 0.125. The second-order valence-corrected chi connectivity index (χ2v) is 5.01. The van der Waals surface area contributed by atoms with Crippen molar-refractivity contribution in [2.75, 3.05) is 12.8 Å². The van der Waals surface area contributed by atoms with Crippen molar-refractivity contribution < 1.29 is 9.59 Å². The van der Waals surface area contributed by atoms with Crippen LogP contribution in [0, 0.1) is 0 Å². The standard InChI is InChI=1S/C16H15ClN2O2/c1-19-14(20)8-11-7-12(17)9-13(15(11)18)16(21)10-5-3-2-4-6-10/h2-7,9H,8,18H2,1H3,(H,19,20). The van der Waals surface area contributed by atoms with Crippen LogP contribution in [0.1, 0.15) is 21.5 Å². The van der Waals surface area contributed by atoms with E-state index in [9.17, 15) is 9.59 Å². The molecule has 4 nitrogen and oxygen atoms in total. The summed E-state index contributed by atoms with van der Waals surface area (Å²) in [5.41, 5.74) is 7.70. The monoisotopic (exact) mass is 302 g/mol. The van der Waals surface area contributed by atoms with E-state index in [1.165, 1.54) is 6.07 Å². The third-order valence-electron chi connectivity index (χ3n) is 3.14. The summed E-state index contributed by atoms with van der Waals surface area (Å²) in [7, 11) is 1.54. The largest absolute Gasteiger partial charge is 0.398 e. The van der Waals surface area contributed by atoms with Crippen molar-refractivity contribution in [1.29, 1.82) is 0 Å². The van der Waals surface area contributed by atoms with Crippen LogP contribution in [0.5, 0.6) is 0 Å². The molecule has 21 heavy (non-hydrogen) atoms. The van der Waals surface area contributed by atoms with Crippen molar-refractivity contribution >= 4 is 29.0 Å². The van der Waals surface area contributed by atoms with Gasteiger partial charge in [-0.2, -0.15) is 0 Å². The molecule has 108 valence electrons. The molecule has 5 heteroatoms. The molecule has 3 N–H and O–H groups in total. The van der Waals surface area contributed by atoms with Gasteiger partial charge in [-0.15, -0.1) is 0 Å². The Morgan fingerprint density at radius 3 is 2.48 bits per heavy atom. The predicted octanol–water partition coefficient (Wildman–Crippen LogP) is 2.44. The number of benzene rings is 2. The third-order valence-corrected chi connectivity index (χ3v) is 3.36. The lowest BCUT2D eigenvalue weighted by molar-refractivity contribution is -0.119. The van der Waals surface area contributed by atoms with Crippen LogP contribution in [0.2, 0.25) is 5.02 Å². The summed E-state index contributed by atoms with van der Waals surface area (Å²) >= 11 is 6.04. The van der Waals surface area contributed by atoms with Crippen LogP contribution in [0.3, 0.4) is 0 Å². The van der Waals surface area contributed by atoms with Gasteiger partial charge in [0, 0.05) is 28.9 Å². The Labute approximate surface area is 127 Å². The number of nitrogen functional groups attached to an aromatic ring is 1. The van der Waals surface area contributed by atoms with Gasteiger partial charge in [0.25, 0.3) is 0 Å². The molecule has 1 amide bonds. The summed E-state index contributed by atoms with van der Waals surface area (Å²) in [6, 6.07) is 11.9. The minimum Gasteiger partial charge on any atom is -0.398 e. The van der Waals surface area contributed by atoms with Gasteiger partial charge >= 0.3 is 0 Å². The molecule has 2 aromatic rings. The van der Waals surface area contributed by atoms with Crippen molar-refractivity contribution in [1.82, 2.24) is 5.32 Å². The lowest BCUT2D eigenvalue weighted by Crippen LogP contribution is -2.21. The Kier molecular flexibility index (Phi) is 4.60. The number of amides is 1. The molecule has 0 aliphatic carbocycles. The van der Waals surface area contributed by atoms with Crippen LogP contribution >= 0.6 is 11.6 Å². The topological polar surface area (TPSA) is 72.2 Å². The van der Waals surface area contributed by atoms with E-state index in [1.54, 1.807) is 37.4 Å². The summed E-state index contributed by atoms with van der Waals surface area (Å²) in [5, 5.41) is 2.90. The van der Waals surface area contributed by atoms with Gasteiger partial charge in [-0.1, -0.05) is 41.9 Å². The maximum Gasteiger partial charge on any atom is 0.224 e. The zero-order chi connectivity index (χ0) is 15.4. The zero-order valence-electron chi connectivity index (χ0n) is 11.5. The van der Waals surface area contributed by atoms with Gasteiger partial charge in [0.15, 0.2) is 5.78 Å². The van der Waals surface area contributed by atoms with Crippen LogP contribution < -0.4 is 11.1 Å². The summed E-state index contributed by atoms with van der Waals surface area (Å²) in [6.07, 6.45) is 0.0813. The number of halogens is 1. The number of carbonyl (C=O) groups excluding carboxylic acids is 2. The molecule has 0 atom stereocenters. The van der Waals surface area contributed by atoms with Crippen molar-refractivity contribution in [2.24, 2.45) is 0 Å². The molecular weight excluding hydrogens is 288 g/mol. The second-order valence-electron chi connectivity index (χ2n) is 4.57. The van der Waals surface area contributed by atoms with E-state index < -0.39 is 0 Å². The van der Waals surface area contributed by atoms with E-state index in [0.29, 0.717) is 21.7 Å². The molecule has 0 unspecified atom stereocenters. The van der Waals surface area contributed by atoms with Crippen LogP contribution in [-0.4, -0.2) is 18.7 Å². The quantitative estimate of drug-likeness (QED) is 0.673. The van der Waals surface area contributed by atoms with Gasteiger partial charge in [0.1, 0.15) is 0 Å². The SMILES string of the molecule is CNC(=O)Cc1cc(Cl)cc(C(=O)c2ccccc2)c1N. The number of hydrogen-bond donors (Lipinski definition) is 2. The molecular formula is C16H15ClN2O2. The summed E-state index contributed by atoms with van der Waals surface area (Å²) in [4.78, 5) is 24.0.